The summed E-state index contributed by atoms with van der Waals surface area (Å²) in [5, 5.41) is 3.76. The van der Waals surface area contributed by atoms with Gasteiger partial charge >= 0.3 is 0 Å². The van der Waals surface area contributed by atoms with Crippen LogP contribution in [0, 0.1) is 5.92 Å². The minimum Gasteiger partial charge on any atom is -0.381 e. The molecule has 1 amide bonds. The van der Waals surface area contributed by atoms with E-state index in [0.29, 0.717) is 18.6 Å². The molecule has 0 bridgehead atoms. The number of pyridine rings is 1. The fraction of sp³-hybridized carbons (Fsp3) is 0.714. The van der Waals surface area contributed by atoms with Crippen LogP contribution < -0.4 is 5.32 Å². The van der Waals surface area contributed by atoms with Crippen molar-refractivity contribution in [1.29, 1.82) is 0 Å². The maximum atomic E-state index is 12.9. The standard InChI is InChI=1S/C21H33N3O3/c1-24(12-8-17-5-3-4-11-22-17)21(25)16-6-7-19(20(15-16)26-2)23-18-9-13-27-14-10-18/h3-5,11,16,18-20,23H,6-10,12-15H2,1-2H3/t16-,19+,20+/m0/s1. The molecule has 1 saturated heterocycles. The zero-order valence-corrected chi connectivity index (χ0v) is 16.6. The van der Waals surface area contributed by atoms with Crippen molar-refractivity contribution < 1.29 is 14.3 Å². The van der Waals surface area contributed by atoms with Gasteiger partial charge in [-0.2, -0.15) is 0 Å². The number of rotatable bonds is 7. The van der Waals surface area contributed by atoms with E-state index in [9.17, 15) is 4.79 Å². The Labute approximate surface area is 162 Å². The van der Waals surface area contributed by atoms with E-state index in [1.54, 1.807) is 13.3 Å². The Morgan fingerprint density at radius 3 is 2.81 bits per heavy atom. The molecule has 0 radical (unpaired) electrons. The van der Waals surface area contributed by atoms with Gasteiger partial charge in [0.2, 0.25) is 5.91 Å². The van der Waals surface area contributed by atoms with E-state index in [2.05, 4.69) is 10.3 Å². The van der Waals surface area contributed by atoms with Crippen LogP contribution in [0.25, 0.3) is 0 Å². The first-order valence-electron chi connectivity index (χ1n) is 10.2. The molecule has 1 aliphatic heterocycles. The number of methoxy groups -OCH3 is 1. The predicted molar refractivity (Wildman–Crippen MR) is 104 cm³/mol. The van der Waals surface area contributed by atoms with Gasteiger partial charge in [0.25, 0.3) is 0 Å². The number of nitrogens with one attached hydrogen (secondary N) is 1. The molecule has 2 fully saturated rings. The summed E-state index contributed by atoms with van der Waals surface area (Å²) in [5.74, 6) is 0.286. The minimum absolute atomic E-state index is 0.0522. The normalized spacial score (nSPS) is 26.7. The van der Waals surface area contributed by atoms with Gasteiger partial charge in [0.05, 0.1) is 6.10 Å². The van der Waals surface area contributed by atoms with Crippen LogP contribution in [-0.4, -0.2) is 67.9 Å². The van der Waals surface area contributed by atoms with Gasteiger partial charge in [-0.1, -0.05) is 6.07 Å². The molecule has 2 heterocycles. The predicted octanol–water partition coefficient (Wildman–Crippen LogP) is 2.03. The number of ether oxygens (including phenoxy) is 2. The first-order valence-corrected chi connectivity index (χ1v) is 10.2. The van der Waals surface area contributed by atoms with Crippen LogP contribution in [0.4, 0.5) is 0 Å². The average Bonchev–Trinajstić information content (AvgIpc) is 2.73. The van der Waals surface area contributed by atoms with Crippen molar-refractivity contribution >= 4 is 5.91 Å². The largest absolute Gasteiger partial charge is 0.381 e. The second-order valence-electron chi connectivity index (χ2n) is 7.77. The maximum Gasteiger partial charge on any atom is 0.225 e. The fourth-order valence-electron chi connectivity index (χ4n) is 4.22. The SMILES string of the molecule is CO[C@@H]1C[C@@H](C(=O)N(C)CCc2ccccn2)CC[C@H]1NC1CCOCC1. The summed E-state index contributed by atoms with van der Waals surface area (Å²) >= 11 is 0. The molecule has 1 aliphatic carbocycles. The minimum atomic E-state index is 0.0522. The summed E-state index contributed by atoms with van der Waals surface area (Å²) in [5.41, 5.74) is 1.02. The molecule has 0 spiro atoms. The molecule has 1 aromatic rings. The van der Waals surface area contributed by atoms with Crippen molar-refractivity contribution in [2.75, 3.05) is 33.9 Å². The molecule has 27 heavy (non-hydrogen) atoms. The molecule has 1 saturated carbocycles. The topological polar surface area (TPSA) is 63.7 Å². The highest BCUT2D eigenvalue weighted by Crippen LogP contribution is 2.29. The second kappa shape index (κ2) is 10.2. The quantitative estimate of drug-likeness (QED) is 0.790. The lowest BCUT2D eigenvalue weighted by atomic mass is 9.82. The number of likely N-dealkylation sites (N-methyl/N-ethyl adjacent to an activating group) is 1. The number of nitrogens with zero attached hydrogens (tertiary/aromatic N) is 2. The van der Waals surface area contributed by atoms with Crippen molar-refractivity contribution in [2.45, 2.75) is 56.7 Å². The van der Waals surface area contributed by atoms with Crippen LogP contribution in [0.1, 0.15) is 37.8 Å². The number of carbonyl (C=O) groups excluding carboxylic acids is 1. The third-order valence-corrected chi connectivity index (χ3v) is 5.92. The van der Waals surface area contributed by atoms with Gasteiger partial charge in [-0.05, 0) is 44.2 Å². The molecule has 150 valence electrons. The van der Waals surface area contributed by atoms with Crippen molar-refractivity contribution in [1.82, 2.24) is 15.2 Å². The van der Waals surface area contributed by atoms with E-state index in [1.165, 1.54) is 0 Å². The van der Waals surface area contributed by atoms with E-state index in [1.807, 2.05) is 30.1 Å². The highest BCUT2D eigenvalue weighted by Gasteiger charge is 2.36. The molecule has 3 rings (SSSR count). The van der Waals surface area contributed by atoms with Gasteiger partial charge in [-0.3, -0.25) is 9.78 Å². The number of carbonyl (C=O) groups is 1. The van der Waals surface area contributed by atoms with E-state index in [-0.39, 0.29) is 17.9 Å². The van der Waals surface area contributed by atoms with Crippen molar-refractivity contribution in [3.63, 3.8) is 0 Å². The Hall–Kier alpha value is -1.50. The molecule has 0 aromatic carbocycles. The van der Waals surface area contributed by atoms with Gasteiger partial charge in [-0.25, -0.2) is 0 Å². The third-order valence-electron chi connectivity index (χ3n) is 5.92. The number of aromatic nitrogens is 1. The summed E-state index contributed by atoms with van der Waals surface area (Å²) in [6.45, 7) is 2.38. The molecular formula is C21H33N3O3. The highest BCUT2D eigenvalue weighted by molar-refractivity contribution is 5.78. The molecule has 6 nitrogen and oxygen atoms in total. The van der Waals surface area contributed by atoms with Crippen molar-refractivity contribution in [3.05, 3.63) is 30.1 Å². The molecular weight excluding hydrogens is 342 g/mol. The van der Waals surface area contributed by atoms with Crippen molar-refractivity contribution in [2.24, 2.45) is 5.92 Å². The van der Waals surface area contributed by atoms with E-state index in [4.69, 9.17) is 9.47 Å². The van der Waals surface area contributed by atoms with Gasteiger partial charge in [-0.15, -0.1) is 0 Å². The molecule has 3 atom stereocenters. The molecule has 0 unspecified atom stereocenters. The van der Waals surface area contributed by atoms with Crippen LogP contribution in [0.3, 0.4) is 0 Å². The number of hydrogen-bond acceptors (Lipinski definition) is 5. The van der Waals surface area contributed by atoms with Crippen LogP contribution in [0.5, 0.6) is 0 Å². The first-order chi connectivity index (χ1) is 13.2. The van der Waals surface area contributed by atoms with Crippen LogP contribution >= 0.6 is 0 Å². The molecule has 1 aromatic heterocycles. The zero-order chi connectivity index (χ0) is 19.1. The summed E-state index contributed by atoms with van der Waals surface area (Å²) in [6, 6.07) is 6.75. The van der Waals surface area contributed by atoms with Gasteiger partial charge in [0.15, 0.2) is 0 Å². The Morgan fingerprint density at radius 2 is 2.11 bits per heavy atom. The number of hydrogen-bond donors (Lipinski definition) is 1. The van der Waals surface area contributed by atoms with Crippen LogP contribution in [0.2, 0.25) is 0 Å². The third kappa shape index (κ3) is 5.74. The Balaban J connectivity index is 1.48. The Kier molecular flexibility index (Phi) is 7.61. The molecule has 1 N–H and O–H groups in total. The molecule has 2 aliphatic rings. The molecule has 6 heteroatoms. The van der Waals surface area contributed by atoms with Crippen molar-refractivity contribution in [3.8, 4) is 0 Å². The lowest BCUT2D eigenvalue weighted by molar-refractivity contribution is -0.137. The summed E-state index contributed by atoms with van der Waals surface area (Å²) in [7, 11) is 3.67. The smallest absolute Gasteiger partial charge is 0.225 e. The van der Waals surface area contributed by atoms with Gasteiger partial charge < -0.3 is 19.7 Å². The first kappa shape index (κ1) is 20.2. The van der Waals surface area contributed by atoms with Gasteiger partial charge in [0, 0.05) is 70.2 Å². The summed E-state index contributed by atoms with van der Waals surface area (Å²) in [4.78, 5) is 19.1. The monoisotopic (exact) mass is 375 g/mol. The maximum absolute atomic E-state index is 12.9. The lowest BCUT2D eigenvalue weighted by Gasteiger charge is -2.39. The summed E-state index contributed by atoms with van der Waals surface area (Å²) in [6.07, 6.45) is 7.51. The highest BCUT2D eigenvalue weighted by atomic mass is 16.5. The second-order valence-corrected chi connectivity index (χ2v) is 7.77. The zero-order valence-electron chi connectivity index (χ0n) is 16.6. The Morgan fingerprint density at radius 1 is 1.30 bits per heavy atom. The van der Waals surface area contributed by atoms with E-state index in [0.717, 1.165) is 57.4 Å². The summed E-state index contributed by atoms with van der Waals surface area (Å²) < 4.78 is 11.2. The van der Waals surface area contributed by atoms with Gasteiger partial charge in [0.1, 0.15) is 0 Å². The van der Waals surface area contributed by atoms with Crippen LogP contribution in [0.15, 0.2) is 24.4 Å². The van der Waals surface area contributed by atoms with E-state index < -0.39 is 0 Å². The Bertz CT molecular complexity index is 577. The average molecular weight is 376 g/mol. The lowest BCUT2D eigenvalue weighted by Crippen LogP contribution is -2.52. The van der Waals surface area contributed by atoms with E-state index >= 15 is 0 Å². The fourth-order valence-corrected chi connectivity index (χ4v) is 4.22. The number of amides is 1. The van der Waals surface area contributed by atoms with Crippen LogP contribution in [-0.2, 0) is 20.7 Å².